The van der Waals surface area contributed by atoms with E-state index >= 15 is 0 Å². The number of likely N-dealkylation sites (tertiary alicyclic amines) is 1. The molecule has 2 fully saturated rings. The van der Waals surface area contributed by atoms with Crippen LogP contribution in [0.25, 0.3) is 0 Å². The Balaban J connectivity index is 1.39. The first-order valence-electron chi connectivity index (χ1n) is 18.2. The van der Waals surface area contributed by atoms with Crippen molar-refractivity contribution in [2.45, 2.75) is 82.8 Å². The molecule has 1 saturated heterocycles. The Bertz CT molecular complexity index is 1700. The number of Topliss-reactive ketones (excluding diaryl/α,β-unsaturated/α-hetero) is 1. The molecule has 52 heavy (non-hydrogen) atoms. The number of amides is 1. The number of phenols is 1. The molecule has 3 aromatic carbocycles. The molecule has 11 nitrogen and oxygen atoms in total. The van der Waals surface area contributed by atoms with E-state index in [1.165, 1.54) is 6.07 Å². The molecule has 5 rings (SSSR count). The summed E-state index contributed by atoms with van der Waals surface area (Å²) in [7, 11) is 3.13. The highest BCUT2D eigenvalue weighted by Crippen LogP contribution is 2.37. The van der Waals surface area contributed by atoms with E-state index < -0.39 is 36.6 Å². The van der Waals surface area contributed by atoms with Gasteiger partial charge in [-0.25, -0.2) is 9.59 Å². The van der Waals surface area contributed by atoms with Gasteiger partial charge in [0.25, 0.3) is 0 Å². The Morgan fingerprint density at radius 3 is 2.33 bits per heavy atom. The van der Waals surface area contributed by atoms with Gasteiger partial charge in [0.2, 0.25) is 5.91 Å². The first-order chi connectivity index (χ1) is 25.2. The third-order valence-electron chi connectivity index (χ3n) is 10.2. The molecule has 3 aromatic rings. The Morgan fingerprint density at radius 1 is 0.846 bits per heavy atom. The molecule has 0 aromatic heterocycles. The highest BCUT2D eigenvalue weighted by atomic mass is 16.5. The standard InChI is InChI=1S/C41H49NO10/c1-49-37-21-19-27(23-38(37)50-2)18-20-36(29-13-10-14-30(24-29)51-26-39(45)46)52-41(48)33-16-8-9-22-42(33)40(47)32(28-11-4-3-5-12-28)25-35(44)31-15-6-7-17-34(31)43/h6-7,10,13-15,17,19,21,23-24,28,32-33,36,43H,3-5,8-9,11-12,16,18,20,22,25-26H2,1-2H3,(H,45,46)/t32?,33-,36?/m0/s1. The SMILES string of the molecule is COc1ccc(CCC(OC(=O)[C@@H]2CCCCN2C(=O)C(CC(=O)c2ccccc2O)C2CCCCC2)c2cccc(OCC(=O)O)c2)cc1OC. The van der Waals surface area contributed by atoms with Gasteiger partial charge >= 0.3 is 11.9 Å². The predicted molar refractivity (Wildman–Crippen MR) is 193 cm³/mol. The number of phenolic OH excluding ortho intramolecular Hbond substituents is 1. The number of carbonyl (C=O) groups excluding carboxylic acids is 3. The van der Waals surface area contributed by atoms with Crippen molar-refractivity contribution >= 4 is 23.6 Å². The molecule has 1 aliphatic carbocycles. The number of hydrogen-bond acceptors (Lipinski definition) is 9. The summed E-state index contributed by atoms with van der Waals surface area (Å²) in [5.41, 5.74) is 1.74. The monoisotopic (exact) mass is 715 g/mol. The van der Waals surface area contributed by atoms with Gasteiger partial charge in [-0.1, -0.05) is 49.6 Å². The summed E-state index contributed by atoms with van der Waals surface area (Å²) in [5, 5.41) is 19.5. The zero-order valence-corrected chi connectivity index (χ0v) is 30.0. The van der Waals surface area contributed by atoms with E-state index in [0.717, 1.165) is 50.5 Å². The van der Waals surface area contributed by atoms with Gasteiger partial charge in [0.05, 0.1) is 19.8 Å². The third-order valence-corrected chi connectivity index (χ3v) is 10.2. The molecule has 0 bridgehead atoms. The summed E-state index contributed by atoms with van der Waals surface area (Å²) in [6, 6.07) is 18.0. The summed E-state index contributed by atoms with van der Waals surface area (Å²) in [6.07, 6.45) is 6.67. The molecular weight excluding hydrogens is 666 g/mol. The summed E-state index contributed by atoms with van der Waals surface area (Å²) >= 11 is 0. The number of rotatable bonds is 16. The second-order valence-corrected chi connectivity index (χ2v) is 13.6. The van der Waals surface area contributed by atoms with E-state index in [1.807, 2.05) is 18.2 Å². The van der Waals surface area contributed by atoms with Crippen LogP contribution in [-0.4, -0.2) is 72.2 Å². The number of aromatic hydroxyl groups is 1. The van der Waals surface area contributed by atoms with Crippen LogP contribution in [-0.2, 0) is 25.5 Å². The number of ketones is 1. The third kappa shape index (κ3) is 9.83. The first kappa shape index (κ1) is 38.2. The summed E-state index contributed by atoms with van der Waals surface area (Å²) in [5.74, 6) is -1.40. The second kappa shape index (κ2) is 18.4. The van der Waals surface area contributed by atoms with Crippen molar-refractivity contribution in [3.05, 3.63) is 83.4 Å². The molecular formula is C41H49NO10. The molecule has 278 valence electrons. The topological polar surface area (TPSA) is 149 Å². The normalized spacial score (nSPS) is 17.4. The number of benzene rings is 3. The van der Waals surface area contributed by atoms with E-state index in [2.05, 4.69) is 0 Å². The molecule has 2 N–H and O–H groups in total. The molecule has 2 aliphatic rings. The number of para-hydroxylation sites is 1. The zero-order chi connectivity index (χ0) is 37.0. The van der Waals surface area contributed by atoms with Crippen LogP contribution in [0.3, 0.4) is 0 Å². The largest absolute Gasteiger partial charge is 0.507 e. The van der Waals surface area contributed by atoms with Crippen molar-refractivity contribution in [3.63, 3.8) is 0 Å². The van der Waals surface area contributed by atoms with Crippen LogP contribution in [0.15, 0.2) is 66.7 Å². The molecule has 2 unspecified atom stereocenters. The van der Waals surface area contributed by atoms with Gasteiger partial charge in [0.1, 0.15) is 23.6 Å². The number of methoxy groups -OCH3 is 2. The van der Waals surface area contributed by atoms with Crippen molar-refractivity contribution in [2.24, 2.45) is 11.8 Å². The minimum Gasteiger partial charge on any atom is -0.507 e. The van der Waals surface area contributed by atoms with Gasteiger partial charge in [-0.15, -0.1) is 0 Å². The highest BCUT2D eigenvalue weighted by Gasteiger charge is 2.41. The Hall–Kier alpha value is -5.06. The fraction of sp³-hybridized carbons (Fsp3) is 0.463. The van der Waals surface area contributed by atoms with Crippen molar-refractivity contribution in [2.75, 3.05) is 27.4 Å². The lowest BCUT2D eigenvalue weighted by Crippen LogP contribution is -2.52. The van der Waals surface area contributed by atoms with Crippen LogP contribution in [0, 0.1) is 11.8 Å². The lowest BCUT2D eigenvalue weighted by molar-refractivity contribution is -0.164. The van der Waals surface area contributed by atoms with Crippen molar-refractivity contribution < 1.29 is 48.3 Å². The number of aryl methyl sites for hydroxylation is 1. The minimum atomic E-state index is -1.11. The van der Waals surface area contributed by atoms with Crippen molar-refractivity contribution in [1.29, 1.82) is 0 Å². The summed E-state index contributed by atoms with van der Waals surface area (Å²) in [4.78, 5) is 55.1. The predicted octanol–water partition coefficient (Wildman–Crippen LogP) is 6.94. The number of esters is 1. The lowest BCUT2D eigenvalue weighted by atomic mass is 9.76. The first-order valence-corrected chi connectivity index (χ1v) is 18.2. The summed E-state index contributed by atoms with van der Waals surface area (Å²) < 4.78 is 22.6. The molecule has 0 radical (unpaired) electrons. The highest BCUT2D eigenvalue weighted by molar-refractivity contribution is 6.01. The number of aliphatic carboxylic acids is 1. The number of ether oxygens (including phenoxy) is 4. The van der Waals surface area contributed by atoms with Crippen LogP contribution >= 0.6 is 0 Å². The van der Waals surface area contributed by atoms with Crippen LogP contribution in [0.2, 0.25) is 0 Å². The van der Waals surface area contributed by atoms with Crippen molar-refractivity contribution in [3.8, 4) is 23.0 Å². The average molecular weight is 716 g/mol. The Kier molecular flexibility index (Phi) is 13.5. The molecule has 1 aliphatic heterocycles. The van der Waals surface area contributed by atoms with Gasteiger partial charge in [-0.3, -0.25) is 9.59 Å². The second-order valence-electron chi connectivity index (χ2n) is 13.6. The van der Waals surface area contributed by atoms with Crippen LogP contribution in [0.4, 0.5) is 0 Å². The van der Waals surface area contributed by atoms with Crippen LogP contribution in [0.5, 0.6) is 23.0 Å². The van der Waals surface area contributed by atoms with E-state index in [4.69, 9.17) is 24.1 Å². The van der Waals surface area contributed by atoms with Gasteiger partial charge in [-0.05, 0) is 98.4 Å². The van der Waals surface area contributed by atoms with Crippen LogP contribution < -0.4 is 14.2 Å². The van der Waals surface area contributed by atoms with Gasteiger partial charge in [0, 0.05) is 18.9 Å². The maximum absolute atomic E-state index is 14.5. The molecule has 1 heterocycles. The molecule has 0 spiro atoms. The van der Waals surface area contributed by atoms with E-state index in [-0.39, 0.29) is 35.3 Å². The average Bonchev–Trinajstić information content (AvgIpc) is 3.17. The number of carboxylic acids is 1. The lowest BCUT2D eigenvalue weighted by Gasteiger charge is -2.39. The maximum atomic E-state index is 14.5. The van der Waals surface area contributed by atoms with Crippen molar-refractivity contribution in [1.82, 2.24) is 4.90 Å². The number of carboxylic acid groups (broad SMARTS) is 1. The molecule has 11 heteroatoms. The Morgan fingerprint density at radius 2 is 1.60 bits per heavy atom. The number of hydrogen-bond donors (Lipinski definition) is 2. The number of nitrogens with zero attached hydrogens (tertiary/aromatic N) is 1. The smallest absolute Gasteiger partial charge is 0.341 e. The fourth-order valence-electron chi connectivity index (χ4n) is 7.46. The van der Waals surface area contributed by atoms with Crippen LogP contribution in [0.1, 0.15) is 91.8 Å². The van der Waals surface area contributed by atoms with E-state index in [9.17, 15) is 24.3 Å². The van der Waals surface area contributed by atoms with E-state index in [1.54, 1.807) is 61.6 Å². The fourth-order valence-corrected chi connectivity index (χ4v) is 7.46. The Labute approximate surface area is 304 Å². The number of carbonyl (C=O) groups is 4. The maximum Gasteiger partial charge on any atom is 0.341 e. The van der Waals surface area contributed by atoms with Gasteiger partial charge < -0.3 is 34.1 Å². The molecule has 1 saturated carbocycles. The molecule has 1 amide bonds. The van der Waals surface area contributed by atoms with Gasteiger partial charge in [-0.2, -0.15) is 0 Å². The minimum absolute atomic E-state index is 0.00238. The van der Waals surface area contributed by atoms with E-state index in [0.29, 0.717) is 48.6 Å². The summed E-state index contributed by atoms with van der Waals surface area (Å²) in [6.45, 7) is -0.144. The van der Waals surface area contributed by atoms with Gasteiger partial charge in [0.15, 0.2) is 23.9 Å². The zero-order valence-electron chi connectivity index (χ0n) is 30.0. The molecule has 3 atom stereocenters. The quantitative estimate of drug-likeness (QED) is 0.118. The number of piperidine rings is 1.